The summed E-state index contributed by atoms with van der Waals surface area (Å²) in [5.41, 5.74) is 9.17. The van der Waals surface area contributed by atoms with Gasteiger partial charge in [-0.3, -0.25) is 9.79 Å². The van der Waals surface area contributed by atoms with Gasteiger partial charge in [-0.15, -0.1) is 0 Å². The Kier molecular flexibility index (Phi) is 5.00. The topological polar surface area (TPSA) is 100 Å². The van der Waals surface area contributed by atoms with Gasteiger partial charge < -0.3 is 15.6 Å². The monoisotopic (exact) mass is 440 g/mol. The molecule has 2 aliphatic rings. The highest BCUT2D eigenvalue weighted by Gasteiger charge is 2.26. The molecule has 2 aliphatic heterocycles. The quantitative estimate of drug-likeness (QED) is 0.591. The fourth-order valence-electron chi connectivity index (χ4n) is 3.92. The van der Waals surface area contributed by atoms with Gasteiger partial charge in [-0.25, -0.2) is 9.97 Å². The van der Waals surface area contributed by atoms with Crippen LogP contribution in [0.1, 0.15) is 35.8 Å². The molecular formula is C21H21ClN6OS. The number of carbonyl (C=O) groups excluding carboxylic acids is 1. The van der Waals surface area contributed by atoms with Gasteiger partial charge in [-0.05, 0) is 42.8 Å². The number of aliphatic imine (C=N–C) groups is 1. The fraction of sp³-hybridized carbons (Fsp3) is 0.333. The van der Waals surface area contributed by atoms with Crippen molar-refractivity contribution in [2.45, 2.75) is 42.3 Å². The zero-order chi connectivity index (χ0) is 20.8. The Morgan fingerprint density at radius 2 is 2.23 bits per heavy atom. The number of ketones is 1. The first-order valence-electron chi connectivity index (χ1n) is 9.99. The van der Waals surface area contributed by atoms with E-state index in [2.05, 4.69) is 21.8 Å². The molecule has 7 nitrogen and oxygen atoms in total. The molecule has 0 bridgehead atoms. The Morgan fingerprint density at radius 1 is 1.37 bits per heavy atom. The van der Waals surface area contributed by atoms with Crippen molar-refractivity contribution in [3.05, 3.63) is 34.5 Å². The first-order valence-corrected chi connectivity index (χ1v) is 11.2. The van der Waals surface area contributed by atoms with Crippen molar-refractivity contribution in [2.24, 2.45) is 10.7 Å². The number of nitrogens with zero attached hydrogens (tertiary/aromatic N) is 4. The average Bonchev–Trinajstić information content (AvgIpc) is 3.31. The van der Waals surface area contributed by atoms with Crippen LogP contribution in [0.4, 0.5) is 11.5 Å². The summed E-state index contributed by atoms with van der Waals surface area (Å²) in [6.45, 7) is 3.63. The fourth-order valence-corrected chi connectivity index (χ4v) is 5.07. The number of halogens is 1. The second-order valence-electron chi connectivity index (χ2n) is 7.54. The molecule has 0 aliphatic carbocycles. The number of hydrogen-bond donors (Lipinski definition) is 2. The van der Waals surface area contributed by atoms with Gasteiger partial charge in [-0.2, -0.15) is 0 Å². The summed E-state index contributed by atoms with van der Waals surface area (Å²) >= 11 is 8.08. The van der Waals surface area contributed by atoms with Crippen molar-refractivity contribution in [1.29, 1.82) is 0 Å². The van der Waals surface area contributed by atoms with Crippen LogP contribution >= 0.6 is 23.4 Å². The van der Waals surface area contributed by atoms with Crippen molar-refractivity contribution < 1.29 is 4.79 Å². The van der Waals surface area contributed by atoms with Crippen molar-refractivity contribution in [2.75, 3.05) is 18.0 Å². The van der Waals surface area contributed by atoms with Gasteiger partial charge in [0.15, 0.2) is 10.9 Å². The molecule has 0 saturated carbocycles. The van der Waals surface area contributed by atoms with E-state index in [4.69, 9.17) is 27.3 Å². The molecule has 9 heteroatoms. The summed E-state index contributed by atoms with van der Waals surface area (Å²) in [6.07, 6.45) is 3.69. The Morgan fingerprint density at radius 3 is 3.00 bits per heavy atom. The zero-order valence-electron chi connectivity index (χ0n) is 16.5. The molecule has 3 N–H and O–H groups in total. The van der Waals surface area contributed by atoms with Crippen molar-refractivity contribution in [3.8, 4) is 0 Å². The van der Waals surface area contributed by atoms with E-state index >= 15 is 0 Å². The number of H-pyrrole nitrogens is 1. The van der Waals surface area contributed by atoms with Gasteiger partial charge in [0.25, 0.3) is 0 Å². The molecule has 1 aromatic carbocycles. The summed E-state index contributed by atoms with van der Waals surface area (Å²) < 4.78 is 0. The summed E-state index contributed by atoms with van der Waals surface area (Å²) in [6, 6.07) is 5.81. The van der Waals surface area contributed by atoms with Crippen LogP contribution in [0, 0.1) is 0 Å². The van der Waals surface area contributed by atoms with Gasteiger partial charge in [-0.1, -0.05) is 18.5 Å². The molecular weight excluding hydrogens is 420 g/mol. The average molecular weight is 441 g/mol. The van der Waals surface area contributed by atoms with E-state index in [0.717, 1.165) is 53.4 Å². The van der Waals surface area contributed by atoms with Crippen LogP contribution in [0.15, 0.2) is 33.2 Å². The molecule has 0 amide bonds. The number of benzene rings is 1. The van der Waals surface area contributed by atoms with Crippen molar-refractivity contribution in [3.63, 3.8) is 0 Å². The number of carbonyl (C=O) groups is 1. The second-order valence-corrected chi connectivity index (χ2v) is 8.96. The standard InChI is InChI=1S/C21H21ClN6OS/c1-2-14-18(22)17-19(25-14)26-21(27-20(17)28-8-6-11(23)10-28)30-12-3-4-15-13(9-12)16(29)5-7-24-15/h3-4,7,9,11H,2,5-6,8,10,23H2,1H3,(H,25,26,27)/t11-/m0/s1. The van der Waals surface area contributed by atoms with Gasteiger partial charge in [0.1, 0.15) is 11.5 Å². The third kappa shape index (κ3) is 3.38. The number of hydrogen-bond acceptors (Lipinski definition) is 7. The molecule has 2 aromatic heterocycles. The highest BCUT2D eigenvalue weighted by Crippen LogP contribution is 2.38. The van der Waals surface area contributed by atoms with E-state index in [-0.39, 0.29) is 11.8 Å². The number of aromatic amines is 1. The molecule has 0 spiro atoms. The van der Waals surface area contributed by atoms with E-state index in [0.29, 0.717) is 27.9 Å². The molecule has 1 atom stereocenters. The van der Waals surface area contributed by atoms with Gasteiger partial charge in [0, 0.05) is 47.9 Å². The van der Waals surface area contributed by atoms with Crippen LogP contribution in [0.5, 0.6) is 0 Å². The first-order chi connectivity index (χ1) is 14.5. The van der Waals surface area contributed by atoms with Crippen LogP contribution in [0.3, 0.4) is 0 Å². The summed E-state index contributed by atoms with van der Waals surface area (Å²) in [7, 11) is 0. The maximum Gasteiger partial charge on any atom is 0.196 e. The maximum atomic E-state index is 12.2. The number of Topliss-reactive ketones (excluding diaryl/α,β-unsaturated/α-hetero) is 1. The number of aryl methyl sites for hydroxylation is 1. The lowest BCUT2D eigenvalue weighted by molar-refractivity contribution is 0.100. The first kappa shape index (κ1) is 19.5. The minimum absolute atomic E-state index is 0.0781. The minimum atomic E-state index is 0.0781. The van der Waals surface area contributed by atoms with Gasteiger partial charge >= 0.3 is 0 Å². The number of fused-ring (bicyclic) bond motifs is 2. The van der Waals surface area contributed by atoms with E-state index < -0.39 is 0 Å². The normalized spacial score (nSPS) is 18.4. The number of rotatable bonds is 4. The predicted molar refractivity (Wildman–Crippen MR) is 121 cm³/mol. The minimum Gasteiger partial charge on any atom is -0.354 e. The molecule has 30 heavy (non-hydrogen) atoms. The molecule has 1 saturated heterocycles. The van der Waals surface area contributed by atoms with E-state index in [1.54, 1.807) is 6.21 Å². The number of aromatic nitrogens is 3. The predicted octanol–water partition coefficient (Wildman–Crippen LogP) is 4.15. The Labute approximate surface area is 183 Å². The Balaban J connectivity index is 1.57. The van der Waals surface area contributed by atoms with Gasteiger partial charge in [0.2, 0.25) is 0 Å². The third-order valence-electron chi connectivity index (χ3n) is 5.49. The molecule has 5 rings (SSSR count). The smallest absolute Gasteiger partial charge is 0.196 e. The molecule has 3 aromatic rings. The molecule has 1 fully saturated rings. The van der Waals surface area contributed by atoms with Crippen LogP contribution in [0.2, 0.25) is 5.02 Å². The number of anilines is 1. The van der Waals surface area contributed by atoms with Crippen molar-refractivity contribution in [1.82, 2.24) is 15.0 Å². The second kappa shape index (κ2) is 7.68. The summed E-state index contributed by atoms with van der Waals surface area (Å²) in [5, 5.41) is 2.13. The molecule has 4 heterocycles. The van der Waals surface area contributed by atoms with Crippen LogP contribution in [-0.2, 0) is 6.42 Å². The molecule has 0 unspecified atom stereocenters. The highest BCUT2D eigenvalue weighted by atomic mass is 35.5. The lowest BCUT2D eigenvalue weighted by atomic mass is 10.0. The molecule has 0 radical (unpaired) electrons. The Hall–Kier alpha value is -2.42. The number of nitrogens with one attached hydrogen (secondary N) is 1. The summed E-state index contributed by atoms with van der Waals surface area (Å²) in [4.78, 5) is 32.5. The lowest BCUT2D eigenvalue weighted by Gasteiger charge is -2.18. The maximum absolute atomic E-state index is 12.2. The third-order valence-corrected chi connectivity index (χ3v) is 6.76. The Bertz CT molecular complexity index is 1190. The largest absolute Gasteiger partial charge is 0.354 e. The number of nitrogens with two attached hydrogens (primary N) is 1. The van der Waals surface area contributed by atoms with Crippen LogP contribution < -0.4 is 10.6 Å². The van der Waals surface area contributed by atoms with Crippen LogP contribution in [-0.4, -0.2) is 46.1 Å². The van der Waals surface area contributed by atoms with E-state index in [1.165, 1.54) is 11.8 Å². The SMILES string of the molecule is CCc1[nH]c2nc(Sc3ccc4c(c3)C(=O)CC=N4)nc(N3CC[C@H](N)C3)c2c1Cl. The summed E-state index contributed by atoms with van der Waals surface area (Å²) in [5.74, 6) is 0.893. The van der Waals surface area contributed by atoms with Crippen molar-refractivity contribution >= 4 is 57.9 Å². The van der Waals surface area contributed by atoms with E-state index in [9.17, 15) is 4.79 Å². The lowest BCUT2D eigenvalue weighted by Crippen LogP contribution is -2.27. The van der Waals surface area contributed by atoms with Gasteiger partial charge in [0.05, 0.1) is 16.1 Å². The van der Waals surface area contributed by atoms with E-state index in [1.807, 2.05) is 18.2 Å². The highest BCUT2D eigenvalue weighted by molar-refractivity contribution is 7.99. The zero-order valence-corrected chi connectivity index (χ0v) is 18.1. The van der Waals surface area contributed by atoms with Crippen LogP contribution in [0.25, 0.3) is 11.0 Å². The molecule has 154 valence electrons.